The number of benzene rings is 2. The van der Waals surface area contributed by atoms with Gasteiger partial charge >= 0.3 is 6.03 Å². The summed E-state index contributed by atoms with van der Waals surface area (Å²) in [6, 6.07) is 14.0. The number of aromatic nitrogens is 2. The first-order valence-electron chi connectivity index (χ1n) is 9.03. The Bertz CT molecular complexity index is 921. The molecule has 0 spiro atoms. The molecule has 0 aliphatic carbocycles. The molecule has 2 N–H and O–H groups in total. The maximum absolute atomic E-state index is 12.7. The van der Waals surface area contributed by atoms with Crippen LogP contribution in [-0.2, 0) is 7.05 Å². The second-order valence-electron chi connectivity index (χ2n) is 6.13. The van der Waals surface area contributed by atoms with Crippen LogP contribution in [0.3, 0.4) is 0 Å². The second-order valence-corrected chi connectivity index (χ2v) is 6.13. The maximum atomic E-state index is 12.7. The molecule has 0 saturated carbocycles. The third-order valence-electron chi connectivity index (χ3n) is 4.27. The molecule has 0 aliphatic rings. The molecule has 0 saturated heterocycles. The van der Waals surface area contributed by atoms with Crippen molar-refractivity contribution in [2.24, 2.45) is 7.05 Å². The molecule has 1 heterocycles. The van der Waals surface area contributed by atoms with E-state index in [0.29, 0.717) is 23.9 Å². The molecule has 1 atom stereocenters. The fraction of sp³-hybridized carbons (Fsp3) is 0.238. The van der Waals surface area contributed by atoms with Crippen molar-refractivity contribution in [1.29, 1.82) is 0 Å². The number of nitrogens with zero attached hydrogens (tertiary/aromatic N) is 2. The first kappa shape index (κ1) is 19.3. The fourth-order valence-corrected chi connectivity index (χ4v) is 2.94. The smallest absolute Gasteiger partial charge is 0.320 e. The Hall–Kier alpha value is -3.48. The zero-order chi connectivity index (χ0) is 19.9. The SMILES string of the molecule is CCOc1ccc(NC(=O)NC(c2ccccc2OC)c2nccn2C)cc1. The number of imidazole rings is 1. The zero-order valence-electron chi connectivity index (χ0n) is 16.2. The van der Waals surface area contributed by atoms with Crippen LogP contribution in [0, 0.1) is 0 Å². The molecular weight excluding hydrogens is 356 g/mol. The van der Waals surface area contributed by atoms with Crippen molar-refractivity contribution < 1.29 is 14.3 Å². The van der Waals surface area contributed by atoms with Crippen LogP contribution in [0.25, 0.3) is 0 Å². The molecule has 3 rings (SSSR count). The van der Waals surface area contributed by atoms with Crippen LogP contribution in [-0.4, -0.2) is 29.3 Å². The van der Waals surface area contributed by atoms with Gasteiger partial charge in [-0.1, -0.05) is 18.2 Å². The quantitative estimate of drug-likeness (QED) is 0.655. The summed E-state index contributed by atoms with van der Waals surface area (Å²) in [4.78, 5) is 17.1. The van der Waals surface area contributed by atoms with Crippen LogP contribution in [0.2, 0.25) is 0 Å². The number of ether oxygens (including phenoxy) is 2. The number of carbonyl (C=O) groups excluding carboxylic acids is 1. The molecule has 7 heteroatoms. The highest BCUT2D eigenvalue weighted by Gasteiger charge is 2.23. The van der Waals surface area contributed by atoms with Crippen LogP contribution in [0.5, 0.6) is 11.5 Å². The number of methoxy groups -OCH3 is 1. The van der Waals surface area contributed by atoms with E-state index in [2.05, 4.69) is 15.6 Å². The molecule has 146 valence electrons. The lowest BCUT2D eigenvalue weighted by atomic mass is 10.0. The first-order valence-corrected chi connectivity index (χ1v) is 9.03. The topological polar surface area (TPSA) is 77.4 Å². The number of hydrogen-bond donors (Lipinski definition) is 2. The molecule has 7 nitrogen and oxygen atoms in total. The number of amides is 2. The summed E-state index contributed by atoms with van der Waals surface area (Å²) >= 11 is 0. The highest BCUT2D eigenvalue weighted by Crippen LogP contribution is 2.29. The van der Waals surface area contributed by atoms with Gasteiger partial charge in [0.25, 0.3) is 0 Å². The van der Waals surface area contributed by atoms with E-state index in [1.165, 1.54) is 0 Å². The summed E-state index contributed by atoms with van der Waals surface area (Å²) in [5.74, 6) is 2.14. The van der Waals surface area contributed by atoms with Gasteiger partial charge in [-0.25, -0.2) is 9.78 Å². The van der Waals surface area contributed by atoms with Crippen molar-refractivity contribution in [2.45, 2.75) is 13.0 Å². The molecular formula is C21H24N4O3. The number of urea groups is 1. The van der Waals surface area contributed by atoms with Crippen LogP contribution in [0.4, 0.5) is 10.5 Å². The van der Waals surface area contributed by atoms with E-state index >= 15 is 0 Å². The minimum atomic E-state index is -0.473. The van der Waals surface area contributed by atoms with Gasteiger partial charge in [-0.05, 0) is 37.3 Å². The summed E-state index contributed by atoms with van der Waals surface area (Å²) in [7, 11) is 3.49. The van der Waals surface area contributed by atoms with Gasteiger partial charge in [-0.15, -0.1) is 0 Å². The molecule has 1 unspecified atom stereocenters. The lowest BCUT2D eigenvalue weighted by molar-refractivity contribution is 0.249. The van der Waals surface area contributed by atoms with E-state index < -0.39 is 6.04 Å². The van der Waals surface area contributed by atoms with E-state index in [-0.39, 0.29) is 6.03 Å². The van der Waals surface area contributed by atoms with E-state index in [9.17, 15) is 4.79 Å². The van der Waals surface area contributed by atoms with Crippen LogP contribution >= 0.6 is 0 Å². The molecule has 0 radical (unpaired) electrons. The second kappa shape index (κ2) is 8.94. The average molecular weight is 380 g/mol. The van der Waals surface area contributed by atoms with Gasteiger partial charge in [0, 0.05) is 30.7 Å². The Kier molecular flexibility index (Phi) is 6.16. The Morgan fingerprint density at radius 2 is 1.93 bits per heavy atom. The lowest BCUT2D eigenvalue weighted by Crippen LogP contribution is -2.34. The van der Waals surface area contributed by atoms with Gasteiger partial charge in [0.05, 0.1) is 13.7 Å². The Balaban J connectivity index is 1.81. The van der Waals surface area contributed by atoms with E-state index in [1.807, 2.05) is 61.1 Å². The van der Waals surface area contributed by atoms with Gasteiger partial charge in [-0.3, -0.25) is 0 Å². The first-order chi connectivity index (χ1) is 13.6. The molecule has 2 amide bonds. The summed E-state index contributed by atoms with van der Waals surface area (Å²) < 4.78 is 12.8. The van der Waals surface area contributed by atoms with Crippen molar-refractivity contribution in [3.63, 3.8) is 0 Å². The molecule has 3 aromatic rings. The van der Waals surface area contributed by atoms with Crippen molar-refractivity contribution in [3.8, 4) is 11.5 Å². The van der Waals surface area contributed by atoms with Crippen LogP contribution in [0.1, 0.15) is 24.4 Å². The number of para-hydroxylation sites is 1. The van der Waals surface area contributed by atoms with Gasteiger partial charge < -0.3 is 24.7 Å². The zero-order valence-corrected chi connectivity index (χ0v) is 16.2. The third-order valence-corrected chi connectivity index (χ3v) is 4.27. The van der Waals surface area contributed by atoms with Crippen molar-refractivity contribution >= 4 is 11.7 Å². The summed E-state index contributed by atoms with van der Waals surface area (Å²) in [5.41, 5.74) is 1.49. The predicted molar refractivity (Wildman–Crippen MR) is 108 cm³/mol. The van der Waals surface area contributed by atoms with E-state index in [0.717, 1.165) is 11.3 Å². The maximum Gasteiger partial charge on any atom is 0.320 e. The number of carbonyl (C=O) groups is 1. The fourth-order valence-electron chi connectivity index (χ4n) is 2.94. The monoisotopic (exact) mass is 380 g/mol. The minimum absolute atomic E-state index is 0.344. The molecule has 28 heavy (non-hydrogen) atoms. The highest BCUT2D eigenvalue weighted by atomic mass is 16.5. The Morgan fingerprint density at radius 1 is 1.18 bits per heavy atom. The van der Waals surface area contributed by atoms with Crippen LogP contribution in [0.15, 0.2) is 60.9 Å². The largest absolute Gasteiger partial charge is 0.496 e. The number of aryl methyl sites for hydroxylation is 1. The number of rotatable bonds is 7. The lowest BCUT2D eigenvalue weighted by Gasteiger charge is -2.21. The molecule has 2 aromatic carbocycles. The van der Waals surface area contributed by atoms with Gasteiger partial charge in [-0.2, -0.15) is 0 Å². The summed E-state index contributed by atoms with van der Waals surface area (Å²) in [5, 5.41) is 5.84. The molecule has 1 aromatic heterocycles. The standard InChI is InChI=1S/C21H24N4O3/c1-4-28-16-11-9-15(10-12-16)23-21(26)24-19(20-22-13-14-25(20)2)17-7-5-6-8-18(17)27-3/h5-14,19H,4H2,1-3H3,(H2,23,24,26). The molecule has 0 bridgehead atoms. The van der Waals surface area contributed by atoms with Gasteiger partial charge in [0.2, 0.25) is 0 Å². The number of nitrogens with one attached hydrogen (secondary N) is 2. The van der Waals surface area contributed by atoms with Crippen molar-refractivity contribution in [2.75, 3.05) is 19.0 Å². The molecule has 0 fully saturated rings. The summed E-state index contributed by atoms with van der Waals surface area (Å²) in [6.07, 6.45) is 3.54. The molecule has 0 aliphatic heterocycles. The average Bonchev–Trinajstić information content (AvgIpc) is 3.13. The highest BCUT2D eigenvalue weighted by molar-refractivity contribution is 5.89. The van der Waals surface area contributed by atoms with Gasteiger partial charge in [0.1, 0.15) is 23.4 Å². The normalized spacial score (nSPS) is 11.5. The number of hydrogen-bond acceptors (Lipinski definition) is 4. The van der Waals surface area contributed by atoms with Crippen LogP contribution < -0.4 is 20.1 Å². The minimum Gasteiger partial charge on any atom is -0.496 e. The van der Waals surface area contributed by atoms with E-state index in [4.69, 9.17) is 9.47 Å². The predicted octanol–water partition coefficient (Wildman–Crippen LogP) is 3.74. The third kappa shape index (κ3) is 4.43. The Morgan fingerprint density at radius 3 is 2.57 bits per heavy atom. The van der Waals surface area contributed by atoms with Gasteiger partial charge in [0.15, 0.2) is 0 Å². The summed E-state index contributed by atoms with van der Waals surface area (Å²) in [6.45, 7) is 2.52. The Labute approximate surface area is 164 Å². The van der Waals surface area contributed by atoms with E-state index in [1.54, 1.807) is 25.4 Å². The van der Waals surface area contributed by atoms with Crippen molar-refractivity contribution in [3.05, 3.63) is 72.3 Å². The number of anilines is 1. The van der Waals surface area contributed by atoms with Crippen molar-refractivity contribution in [1.82, 2.24) is 14.9 Å².